The highest BCUT2D eigenvalue weighted by atomic mass is 16.4. The number of hydrogen-bond acceptors (Lipinski definition) is 3. The zero-order chi connectivity index (χ0) is 12.3. The van der Waals surface area contributed by atoms with Gasteiger partial charge in [0.25, 0.3) is 0 Å². The second-order valence-electron chi connectivity index (χ2n) is 2.88. The summed E-state index contributed by atoms with van der Waals surface area (Å²) >= 11 is 0. The van der Waals surface area contributed by atoms with Crippen molar-refractivity contribution < 1.29 is 19.8 Å². The molecule has 84 valence electrons. The van der Waals surface area contributed by atoms with E-state index in [0.717, 1.165) is 6.07 Å². The molecule has 1 aromatic rings. The van der Waals surface area contributed by atoms with E-state index in [1.165, 1.54) is 12.1 Å². The molecule has 6 N–H and O–H groups in total. The molecule has 1 rings (SSSR count). The fourth-order valence-corrected chi connectivity index (χ4v) is 1.08. The zero-order valence-electron chi connectivity index (χ0n) is 8.04. The summed E-state index contributed by atoms with van der Waals surface area (Å²) in [6.07, 6.45) is 0. The van der Waals surface area contributed by atoms with Crippen molar-refractivity contribution >= 4 is 23.6 Å². The number of carboxylic acids is 2. The number of hydrogen-bond donors (Lipinski definition) is 4. The van der Waals surface area contributed by atoms with Gasteiger partial charge >= 0.3 is 11.9 Å². The quantitative estimate of drug-likeness (QED) is 0.419. The molecule has 0 aliphatic rings. The van der Waals surface area contributed by atoms with Crippen molar-refractivity contribution in [2.45, 2.75) is 0 Å². The minimum absolute atomic E-state index is 0.0116. The first-order valence-electron chi connectivity index (χ1n) is 4.12. The SMILES string of the molecule is NC(N)=Nc1ccc(C(=O)O)cc1C(=O)O. The lowest BCUT2D eigenvalue weighted by Crippen LogP contribution is -2.22. The molecule has 0 saturated heterocycles. The molecule has 0 spiro atoms. The van der Waals surface area contributed by atoms with Crippen LogP contribution in [0.2, 0.25) is 0 Å². The third-order valence-corrected chi connectivity index (χ3v) is 1.72. The molecule has 0 heterocycles. The summed E-state index contributed by atoms with van der Waals surface area (Å²) < 4.78 is 0. The van der Waals surface area contributed by atoms with Gasteiger partial charge in [-0.15, -0.1) is 0 Å². The third kappa shape index (κ3) is 2.47. The summed E-state index contributed by atoms with van der Waals surface area (Å²) in [6, 6.07) is 3.44. The van der Waals surface area contributed by atoms with Gasteiger partial charge in [0, 0.05) is 0 Å². The van der Waals surface area contributed by atoms with Crippen molar-refractivity contribution in [3.8, 4) is 0 Å². The molecule has 0 aliphatic carbocycles. The van der Waals surface area contributed by atoms with Crippen molar-refractivity contribution in [3.63, 3.8) is 0 Å². The number of aliphatic imine (C=N–C) groups is 1. The number of benzene rings is 1. The lowest BCUT2D eigenvalue weighted by molar-refractivity contribution is 0.0696. The van der Waals surface area contributed by atoms with Crippen LogP contribution in [0.1, 0.15) is 20.7 Å². The van der Waals surface area contributed by atoms with E-state index in [1.807, 2.05) is 0 Å². The summed E-state index contributed by atoms with van der Waals surface area (Å²) in [4.78, 5) is 25.0. The van der Waals surface area contributed by atoms with Gasteiger partial charge in [0.05, 0.1) is 16.8 Å². The second-order valence-corrected chi connectivity index (χ2v) is 2.88. The Balaban J connectivity index is 3.36. The lowest BCUT2D eigenvalue weighted by atomic mass is 10.1. The van der Waals surface area contributed by atoms with Crippen molar-refractivity contribution in [1.82, 2.24) is 0 Å². The standard InChI is InChI=1S/C9H9N3O4/c10-9(11)12-6-2-1-4(7(13)14)3-5(6)8(15)16/h1-3H,(H,13,14)(H,15,16)(H4,10,11,12). The van der Waals surface area contributed by atoms with E-state index in [2.05, 4.69) is 4.99 Å². The first-order valence-corrected chi connectivity index (χ1v) is 4.12. The molecule has 0 radical (unpaired) electrons. The van der Waals surface area contributed by atoms with Gasteiger partial charge in [-0.3, -0.25) is 0 Å². The van der Waals surface area contributed by atoms with E-state index in [4.69, 9.17) is 21.7 Å². The number of carbonyl (C=O) groups is 2. The summed E-state index contributed by atoms with van der Waals surface area (Å²) in [6.45, 7) is 0. The molecular formula is C9H9N3O4. The van der Waals surface area contributed by atoms with E-state index >= 15 is 0 Å². The van der Waals surface area contributed by atoms with Crippen molar-refractivity contribution in [2.24, 2.45) is 16.5 Å². The molecule has 0 aliphatic heterocycles. The van der Waals surface area contributed by atoms with Crippen LogP contribution in [0, 0.1) is 0 Å². The highest BCUT2D eigenvalue weighted by Gasteiger charge is 2.13. The zero-order valence-corrected chi connectivity index (χ0v) is 8.04. The number of nitrogens with two attached hydrogens (primary N) is 2. The monoisotopic (exact) mass is 223 g/mol. The summed E-state index contributed by atoms with van der Waals surface area (Å²) in [7, 11) is 0. The molecule has 7 heteroatoms. The van der Waals surface area contributed by atoms with E-state index in [-0.39, 0.29) is 22.8 Å². The Hall–Kier alpha value is -2.57. The van der Waals surface area contributed by atoms with E-state index in [0.29, 0.717) is 0 Å². The molecule has 0 fully saturated rings. The van der Waals surface area contributed by atoms with Crippen LogP contribution >= 0.6 is 0 Å². The molecule has 0 atom stereocenters. The summed E-state index contributed by atoms with van der Waals surface area (Å²) in [5.74, 6) is -2.83. The molecule has 1 aromatic carbocycles. The predicted octanol–water partition coefficient (Wildman–Crippen LogP) is -0.0121. The molecular weight excluding hydrogens is 214 g/mol. The minimum atomic E-state index is -1.30. The Morgan fingerprint density at radius 1 is 1.12 bits per heavy atom. The van der Waals surface area contributed by atoms with Crippen molar-refractivity contribution in [3.05, 3.63) is 29.3 Å². The van der Waals surface area contributed by atoms with Gasteiger partial charge in [-0.05, 0) is 18.2 Å². The van der Waals surface area contributed by atoms with Gasteiger partial charge in [-0.1, -0.05) is 0 Å². The number of aromatic carboxylic acids is 2. The Morgan fingerprint density at radius 2 is 1.75 bits per heavy atom. The third-order valence-electron chi connectivity index (χ3n) is 1.72. The average molecular weight is 223 g/mol. The molecule has 0 bridgehead atoms. The molecule has 0 aromatic heterocycles. The maximum absolute atomic E-state index is 10.8. The van der Waals surface area contributed by atoms with Crippen LogP contribution in [0.15, 0.2) is 23.2 Å². The fraction of sp³-hybridized carbons (Fsp3) is 0. The van der Waals surface area contributed by atoms with Crippen molar-refractivity contribution in [2.75, 3.05) is 0 Å². The molecule has 7 nitrogen and oxygen atoms in total. The highest BCUT2D eigenvalue weighted by Crippen LogP contribution is 2.20. The number of guanidine groups is 1. The van der Waals surface area contributed by atoms with E-state index in [1.54, 1.807) is 0 Å². The Morgan fingerprint density at radius 3 is 2.19 bits per heavy atom. The van der Waals surface area contributed by atoms with Gasteiger partial charge in [-0.25, -0.2) is 14.6 Å². The van der Waals surface area contributed by atoms with Crippen LogP contribution in [0.25, 0.3) is 0 Å². The van der Waals surface area contributed by atoms with Gasteiger partial charge in [0.15, 0.2) is 5.96 Å². The molecule has 0 saturated carbocycles. The maximum Gasteiger partial charge on any atom is 0.337 e. The lowest BCUT2D eigenvalue weighted by Gasteiger charge is -2.02. The van der Waals surface area contributed by atoms with Crippen LogP contribution in [0.3, 0.4) is 0 Å². The first kappa shape index (κ1) is 11.5. The van der Waals surface area contributed by atoms with Crippen LogP contribution in [-0.2, 0) is 0 Å². The number of carboxylic acid groups (broad SMARTS) is 2. The number of nitrogens with zero attached hydrogens (tertiary/aromatic N) is 1. The Bertz CT molecular complexity index is 478. The molecule has 0 amide bonds. The largest absolute Gasteiger partial charge is 0.478 e. The first-order chi connectivity index (χ1) is 7.41. The van der Waals surface area contributed by atoms with Gasteiger partial charge in [0.2, 0.25) is 0 Å². The van der Waals surface area contributed by atoms with E-state index in [9.17, 15) is 9.59 Å². The van der Waals surface area contributed by atoms with Crippen LogP contribution in [0.4, 0.5) is 5.69 Å². The maximum atomic E-state index is 10.8. The summed E-state index contributed by atoms with van der Waals surface area (Å²) in [5.41, 5.74) is 9.81. The molecule has 16 heavy (non-hydrogen) atoms. The topological polar surface area (TPSA) is 139 Å². The highest BCUT2D eigenvalue weighted by molar-refractivity contribution is 5.98. The Labute approximate surface area is 90.0 Å². The molecule has 0 unspecified atom stereocenters. The fourth-order valence-electron chi connectivity index (χ4n) is 1.08. The second kappa shape index (κ2) is 4.30. The van der Waals surface area contributed by atoms with Gasteiger partial charge in [0.1, 0.15) is 0 Å². The normalized spacial score (nSPS) is 9.50. The van der Waals surface area contributed by atoms with Gasteiger partial charge in [-0.2, -0.15) is 0 Å². The average Bonchev–Trinajstić information content (AvgIpc) is 2.16. The minimum Gasteiger partial charge on any atom is -0.478 e. The summed E-state index contributed by atoms with van der Waals surface area (Å²) in [5, 5.41) is 17.5. The predicted molar refractivity (Wildman–Crippen MR) is 55.8 cm³/mol. The van der Waals surface area contributed by atoms with Crippen LogP contribution in [0.5, 0.6) is 0 Å². The van der Waals surface area contributed by atoms with E-state index < -0.39 is 11.9 Å². The van der Waals surface area contributed by atoms with Crippen LogP contribution < -0.4 is 11.5 Å². The number of rotatable bonds is 3. The van der Waals surface area contributed by atoms with Gasteiger partial charge < -0.3 is 21.7 Å². The Kier molecular flexibility index (Phi) is 3.09. The van der Waals surface area contributed by atoms with Crippen LogP contribution in [-0.4, -0.2) is 28.1 Å². The van der Waals surface area contributed by atoms with Crippen molar-refractivity contribution in [1.29, 1.82) is 0 Å². The smallest absolute Gasteiger partial charge is 0.337 e.